The van der Waals surface area contributed by atoms with Crippen LogP contribution >= 0.6 is 36.2 Å². The van der Waals surface area contributed by atoms with Gasteiger partial charge in [0.05, 0.1) is 10.2 Å². The molecule has 31 heavy (non-hydrogen) atoms. The van der Waals surface area contributed by atoms with Gasteiger partial charge in [-0.2, -0.15) is 0 Å². The molecule has 0 atom stereocenters. The number of rotatable bonds is 8. The summed E-state index contributed by atoms with van der Waals surface area (Å²) in [7, 11) is 0. The molecule has 1 aliphatic carbocycles. The van der Waals surface area contributed by atoms with Crippen LogP contribution in [0.5, 0.6) is 0 Å². The largest absolute Gasteiger partial charge is 0.311 e. The summed E-state index contributed by atoms with van der Waals surface area (Å²) in [6.45, 7) is 9.27. The van der Waals surface area contributed by atoms with Crippen LogP contribution in [0.1, 0.15) is 37.8 Å². The van der Waals surface area contributed by atoms with E-state index in [1.807, 2.05) is 16.7 Å². The zero-order chi connectivity index (χ0) is 20.2. The SMILES string of the molecule is CCN(CC)CCNCc1cc(C2=CCCC=C2)c(=O)n2ccc3ccsc3c12.Cl.Cl. The molecule has 0 saturated heterocycles. The number of pyridine rings is 2. The number of hydrogen-bond donors (Lipinski definition) is 1. The Kier molecular flexibility index (Phi) is 9.79. The topological polar surface area (TPSA) is 36.8 Å². The molecule has 0 fully saturated rings. The summed E-state index contributed by atoms with van der Waals surface area (Å²) < 4.78 is 3.03. The van der Waals surface area contributed by atoms with Gasteiger partial charge in [-0.05, 0) is 66.0 Å². The van der Waals surface area contributed by atoms with E-state index in [0.717, 1.165) is 62.2 Å². The fourth-order valence-electron chi connectivity index (χ4n) is 4.04. The summed E-state index contributed by atoms with van der Waals surface area (Å²) in [6.07, 6.45) is 10.4. The van der Waals surface area contributed by atoms with Crippen molar-refractivity contribution in [3.05, 3.63) is 69.5 Å². The Balaban J connectivity index is 0.00000171. The third-order valence-electron chi connectivity index (χ3n) is 5.75. The van der Waals surface area contributed by atoms with E-state index in [4.69, 9.17) is 0 Å². The molecule has 0 aromatic carbocycles. The second kappa shape index (κ2) is 11.8. The van der Waals surface area contributed by atoms with Crippen molar-refractivity contribution in [2.75, 3.05) is 26.2 Å². The number of halogens is 2. The van der Waals surface area contributed by atoms with Crippen LogP contribution in [0, 0.1) is 0 Å². The second-order valence-electron chi connectivity index (χ2n) is 7.47. The molecule has 3 aromatic rings. The van der Waals surface area contributed by atoms with Gasteiger partial charge in [0.15, 0.2) is 0 Å². The van der Waals surface area contributed by atoms with Crippen LogP contribution in [-0.4, -0.2) is 35.5 Å². The van der Waals surface area contributed by atoms with E-state index in [1.54, 1.807) is 11.3 Å². The van der Waals surface area contributed by atoms with Crippen molar-refractivity contribution in [1.82, 2.24) is 14.6 Å². The molecular weight excluding hydrogens is 449 g/mol. The lowest BCUT2D eigenvalue weighted by atomic mass is 9.98. The highest BCUT2D eigenvalue weighted by Crippen LogP contribution is 2.29. The Morgan fingerprint density at radius 3 is 2.68 bits per heavy atom. The Morgan fingerprint density at radius 2 is 1.97 bits per heavy atom. The van der Waals surface area contributed by atoms with Gasteiger partial charge in [-0.1, -0.05) is 32.1 Å². The van der Waals surface area contributed by atoms with Crippen molar-refractivity contribution in [3.8, 4) is 0 Å². The van der Waals surface area contributed by atoms with Crippen LogP contribution in [0.25, 0.3) is 21.2 Å². The van der Waals surface area contributed by atoms with Gasteiger partial charge in [0.1, 0.15) is 0 Å². The zero-order valence-electron chi connectivity index (χ0n) is 18.1. The first-order valence-corrected chi connectivity index (χ1v) is 11.5. The molecule has 0 spiro atoms. The molecule has 3 aromatic heterocycles. The van der Waals surface area contributed by atoms with Crippen LogP contribution in [-0.2, 0) is 6.54 Å². The maximum absolute atomic E-state index is 13.3. The highest BCUT2D eigenvalue weighted by atomic mass is 35.5. The van der Waals surface area contributed by atoms with Crippen molar-refractivity contribution in [1.29, 1.82) is 0 Å². The maximum atomic E-state index is 13.3. The third-order valence-corrected chi connectivity index (χ3v) is 6.68. The van der Waals surface area contributed by atoms with E-state index in [0.29, 0.717) is 0 Å². The minimum absolute atomic E-state index is 0. The molecule has 4 rings (SSSR count). The minimum atomic E-state index is 0. The van der Waals surface area contributed by atoms with Crippen molar-refractivity contribution in [2.24, 2.45) is 0 Å². The molecule has 0 radical (unpaired) electrons. The van der Waals surface area contributed by atoms with Crippen molar-refractivity contribution in [2.45, 2.75) is 33.2 Å². The van der Waals surface area contributed by atoms with Crippen LogP contribution in [0.15, 0.2) is 52.8 Å². The Hall–Kier alpha value is -1.63. The van der Waals surface area contributed by atoms with Gasteiger partial charge in [-0.25, -0.2) is 0 Å². The standard InChI is InChI=1S/C24H29N3OS.2ClH/c1-3-26(4-2)14-12-25-17-20-16-21(18-8-6-5-7-9-18)24(28)27-13-10-19-11-15-29-23(19)22(20)27;;/h6,8-11,13,15-16,25H,3-5,7,12,14,17H2,1-2H3;2*1H. The molecular formula is C24H31Cl2N3OS. The van der Waals surface area contributed by atoms with Gasteiger partial charge in [-0.3, -0.25) is 9.20 Å². The van der Waals surface area contributed by atoms with Gasteiger partial charge in [0.25, 0.3) is 5.56 Å². The van der Waals surface area contributed by atoms with Crippen LogP contribution in [0.3, 0.4) is 0 Å². The van der Waals surface area contributed by atoms with Crippen LogP contribution in [0.2, 0.25) is 0 Å². The molecule has 0 aliphatic heterocycles. The average Bonchev–Trinajstić information content (AvgIpc) is 3.24. The molecule has 3 heterocycles. The van der Waals surface area contributed by atoms with Gasteiger partial charge in [0.2, 0.25) is 0 Å². The number of hydrogen-bond acceptors (Lipinski definition) is 4. The normalized spacial score (nSPS) is 13.3. The van der Waals surface area contributed by atoms with Gasteiger partial charge in [0, 0.05) is 31.4 Å². The first-order valence-electron chi connectivity index (χ1n) is 10.6. The summed E-state index contributed by atoms with van der Waals surface area (Å²) in [6, 6.07) is 6.29. The third kappa shape index (κ3) is 5.41. The minimum Gasteiger partial charge on any atom is -0.311 e. The molecule has 7 heteroatoms. The fraction of sp³-hybridized carbons (Fsp3) is 0.375. The van der Waals surface area contributed by atoms with Gasteiger partial charge in [-0.15, -0.1) is 36.2 Å². The lowest BCUT2D eigenvalue weighted by molar-refractivity contribution is 0.302. The first-order chi connectivity index (χ1) is 14.2. The number of allylic oxidation sites excluding steroid dienone is 4. The summed E-state index contributed by atoms with van der Waals surface area (Å²) in [5, 5.41) is 6.91. The molecule has 1 aliphatic rings. The molecule has 0 bridgehead atoms. The van der Waals surface area contributed by atoms with Crippen molar-refractivity contribution >= 4 is 57.3 Å². The van der Waals surface area contributed by atoms with E-state index in [-0.39, 0.29) is 30.4 Å². The number of aromatic nitrogens is 1. The quantitative estimate of drug-likeness (QED) is 0.431. The van der Waals surface area contributed by atoms with E-state index in [1.165, 1.54) is 15.6 Å². The monoisotopic (exact) mass is 479 g/mol. The van der Waals surface area contributed by atoms with E-state index in [9.17, 15) is 4.79 Å². The molecule has 0 saturated carbocycles. The first kappa shape index (κ1) is 25.6. The Bertz CT molecular complexity index is 1130. The maximum Gasteiger partial charge on any atom is 0.263 e. The average molecular weight is 481 g/mol. The van der Waals surface area contributed by atoms with E-state index in [2.05, 4.69) is 59.8 Å². The molecule has 0 unspecified atom stereocenters. The number of nitrogens with zero attached hydrogens (tertiary/aromatic N) is 2. The number of likely N-dealkylation sites (N-methyl/N-ethyl adjacent to an activating group) is 1. The predicted octanol–water partition coefficient (Wildman–Crippen LogP) is 5.52. The number of nitrogens with one attached hydrogen (secondary N) is 1. The number of thiophene rings is 1. The fourth-order valence-corrected chi connectivity index (χ4v) is 5.00. The van der Waals surface area contributed by atoms with Crippen molar-refractivity contribution < 1.29 is 0 Å². The highest BCUT2D eigenvalue weighted by molar-refractivity contribution is 7.18. The van der Waals surface area contributed by atoms with Gasteiger partial charge < -0.3 is 10.2 Å². The lowest BCUT2D eigenvalue weighted by Crippen LogP contribution is -2.32. The van der Waals surface area contributed by atoms with Crippen LogP contribution < -0.4 is 10.9 Å². The summed E-state index contributed by atoms with van der Waals surface area (Å²) in [5.41, 5.74) is 4.15. The van der Waals surface area contributed by atoms with E-state index >= 15 is 0 Å². The predicted molar refractivity (Wildman–Crippen MR) is 139 cm³/mol. The summed E-state index contributed by atoms with van der Waals surface area (Å²) in [4.78, 5) is 15.7. The second-order valence-corrected chi connectivity index (χ2v) is 8.39. The van der Waals surface area contributed by atoms with Crippen LogP contribution in [0.4, 0.5) is 0 Å². The summed E-state index contributed by atoms with van der Waals surface area (Å²) in [5.74, 6) is 0. The summed E-state index contributed by atoms with van der Waals surface area (Å²) >= 11 is 1.71. The Labute approximate surface area is 200 Å². The molecule has 168 valence electrons. The molecule has 0 amide bonds. The molecule has 1 N–H and O–H groups in total. The zero-order valence-corrected chi connectivity index (χ0v) is 20.5. The van der Waals surface area contributed by atoms with E-state index < -0.39 is 0 Å². The van der Waals surface area contributed by atoms with Crippen molar-refractivity contribution in [3.63, 3.8) is 0 Å². The smallest absolute Gasteiger partial charge is 0.263 e. The lowest BCUT2D eigenvalue weighted by Gasteiger charge is -2.19. The Morgan fingerprint density at radius 1 is 1.16 bits per heavy atom. The number of fused-ring (bicyclic) bond motifs is 3. The molecule has 4 nitrogen and oxygen atoms in total. The highest BCUT2D eigenvalue weighted by Gasteiger charge is 2.15. The van der Waals surface area contributed by atoms with Gasteiger partial charge >= 0.3 is 0 Å².